The molecule has 0 bridgehead atoms. The second-order valence-corrected chi connectivity index (χ2v) is 4.19. The molecule has 0 aliphatic carbocycles. The Morgan fingerprint density at radius 1 is 1.56 bits per heavy atom. The van der Waals surface area contributed by atoms with Crippen LogP contribution in [0.15, 0.2) is 18.2 Å². The summed E-state index contributed by atoms with van der Waals surface area (Å²) in [6.45, 7) is 0.944. The molecule has 1 aromatic rings. The molecular weight excluding hydrogens is 274 g/mol. The van der Waals surface area contributed by atoms with E-state index in [0.29, 0.717) is 30.3 Å². The maximum Gasteiger partial charge on any atom is 0.260 e. The predicted octanol–water partition coefficient (Wildman–Crippen LogP) is 1.88. The van der Waals surface area contributed by atoms with E-state index in [9.17, 15) is 4.79 Å². The molecule has 1 heterocycles. The molecule has 0 saturated carbocycles. The molecule has 0 radical (unpaired) electrons. The summed E-state index contributed by atoms with van der Waals surface area (Å²) in [7, 11) is 1.58. The van der Waals surface area contributed by atoms with Crippen molar-refractivity contribution in [2.24, 2.45) is 0 Å². The van der Waals surface area contributed by atoms with Crippen molar-refractivity contribution in [1.29, 1.82) is 0 Å². The molecule has 0 unspecified atom stereocenters. The van der Waals surface area contributed by atoms with Crippen molar-refractivity contribution in [3.05, 3.63) is 23.8 Å². The highest BCUT2D eigenvalue weighted by atomic mass is 79.9. The molecule has 0 saturated heterocycles. The summed E-state index contributed by atoms with van der Waals surface area (Å²) in [5, 5.41) is 0.738. The van der Waals surface area contributed by atoms with Gasteiger partial charge in [0.15, 0.2) is 6.73 Å². The van der Waals surface area contributed by atoms with Crippen molar-refractivity contribution < 1.29 is 14.3 Å². The fourth-order valence-electron chi connectivity index (χ4n) is 1.57. The molecule has 1 aromatic carbocycles. The van der Waals surface area contributed by atoms with Crippen molar-refractivity contribution >= 4 is 21.8 Å². The van der Waals surface area contributed by atoms with Crippen molar-refractivity contribution in [3.8, 4) is 11.5 Å². The minimum Gasteiger partial charge on any atom is -0.497 e. The summed E-state index contributed by atoms with van der Waals surface area (Å²) in [4.78, 5) is 13.7. The van der Waals surface area contributed by atoms with Gasteiger partial charge in [0.25, 0.3) is 5.91 Å². The number of methoxy groups -OCH3 is 1. The number of benzene rings is 1. The molecule has 0 spiro atoms. The van der Waals surface area contributed by atoms with Crippen molar-refractivity contribution in [3.63, 3.8) is 0 Å². The zero-order valence-corrected chi connectivity index (χ0v) is 10.5. The fraction of sp³-hybridized carbons (Fsp3) is 0.364. The number of fused-ring (bicyclic) bond motifs is 1. The Balaban J connectivity index is 2.31. The van der Waals surface area contributed by atoms with Crippen molar-refractivity contribution in [2.75, 3.05) is 25.7 Å². The standard InChI is InChI=1S/C11H12BrNO3/c1-15-8-2-3-10-9(6-8)11(14)13(5-4-12)7-16-10/h2-3,6H,4-5,7H2,1H3. The molecule has 16 heavy (non-hydrogen) atoms. The molecule has 1 aliphatic rings. The monoisotopic (exact) mass is 285 g/mol. The number of ether oxygens (including phenoxy) is 2. The molecule has 0 N–H and O–H groups in total. The first-order valence-electron chi connectivity index (χ1n) is 4.92. The number of nitrogens with zero attached hydrogens (tertiary/aromatic N) is 1. The molecule has 2 rings (SSSR count). The molecular formula is C11H12BrNO3. The molecule has 0 fully saturated rings. The largest absolute Gasteiger partial charge is 0.497 e. The first-order chi connectivity index (χ1) is 7.76. The third-order valence-electron chi connectivity index (χ3n) is 2.43. The maximum absolute atomic E-state index is 12.0. The van der Waals surface area contributed by atoms with Gasteiger partial charge in [-0.3, -0.25) is 4.79 Å². The molecule has 1 amide bonds. The normalized spacial score (nSPS) is 14.4. The van der Waals surface area contributed by atoms with E-state index in [2.05, 4.69) is 15.9 Å². The molecule has 1 aliphatic heterocycles. The Labute approximate surface area is 102 Å². The van der Waals surface area contributed by atoms with Crippen LogP contribution in [0.4, 0.5) is 0 Å². The van der Waals surface area contributed by atoms with Crippen LogP contribution in [0.25, 0.3) is 0 Å². The fourth-order valence-corrected chi connectivity index (χ4v) is 2.00. The third kappa shape index (κ3) is 2.00. The SMILES string of the molecule is COc1ccc2c(c1)C(=O)N(CCBr)CO2. The summed E-state index contributed by atoms with van der Waals surface area (Å²) in [5.41, 5.74) is 0.562. The molecule has 86 valence electrons. The number of alkyl halides is 1. The van der Waals surface area contributed by atoms with Crippen LogP contribution in [0.5, 0.6) is 11.5 Å². The van der Waals surface area contributed by atoms with Gasteiger partial charge in [0.1, 0.15) is 11.5 Å². The molecule has 4 nitrogen and oxygen atoms in total. The van der Waals surface area contributed by atoms with Crippen LogP contribution >= 0.6 is 15.9 Å². The minimum atomic E-state index is -0.0143. The summed E-state index contributed by atoms with van der Waals surface area (Å²) < 4.78 is 10.6. The minimum absolute atomic E-state index is 0.0143. The number of carbonyl (C=O) groups excluding carboxylic acids is 1. The second kappa shape index (κ2) is 4.74. The van der Waals surface area contributed by atoms with Crippen LogP contribution in [0, 0.1) is 0 Å². The summed E-state index contributed by atoms with van der Waals surface area (Å²) >= 11 is 3.31. The first kappa shape index (κ1) is 11.3. The lowest BCUT2D eigenvalue weighted by Crippen LogP contribution is -2.39. The van der Waals surface area contributed by atoms with E-state index in [-0.39, 0.29) is 5.91 Å². The number of hydrogen-bond donors (Lipinski definition) is 0. The van der Waals surface area contributed by atoms with E-state index in [1.165, 1.54) is 0 Å². The van der Waals surface area contributed by atoms with Gasteiger partial charge in [-0.2, -0.15) is 0 Å². The van der Waals surface area contributed by atoms with Crippen LogP contribution in [0.2, 0.25) is 0 Å². The van der Waals surface area contributed by atoms with E-state index in [1.54, 1.807) is 30.2 Å². The number of amides is 1. The van der Waals surface area contributed by atoms with Gasteiger partial charge in [-0.05, 0) is 18.2 Å². The van der Waals surface area contributed by atoms with Gasteiger partial charge in [-0.15, -0.1) is 0 Å². The van der Waals surface area contributed by atoms with Gasteiger partial charge >= 0.3 is 0 Å². The zero-order chi connectivity index (χ0) is 11.5. The highest BCUT2D eigenvalue weighted by molar-refractivity contribution is 9.09. The van der Waals surface area contributed by atoms with Gasteiger partial charge in [-0.1, -0.05) is 15.9 Å². The van der Waals surface area contributed by atoms with Crippen LogP contribution in [0.1, 0.15) is 10.4 Å². The Kier molecular flexibility index (Phi) is 3.33. The smallest absolute Gasteiger partial charge is 0.260 e. The molecule has 5 heteroatoms. The lowest BCUT2D eigenvalue weighted by atomic mass is 10.1. The molecule has 0 atom stereocenters. The Morgan fingerprint density at radius 3 is 3.06 bits per heavy atom. The van der Waals surface area contributed by atoms with Gasteiger partial charge in [0.05, 0.1) is 12.7 Å². The highest BCUT2D eigenvalue weighted by Crippen LogP contribution is 2.28. The first-order valence-corrected chi connectivity index (χ1v) is 6.04. The number of hydrogen-bond acceptors (Lipinski definition) is 3. The summed E-state index contributed by atoms with van der Waals surface area (Å²) in [6, 6.07) is 5.25. The summed E-state index contributed by atoms with van der Waals surface area (Å²) in [5.74, 6) is 1.27. The molecule has 0 aromatic heterocycles. The lowest BCUT2D eigenvalue weighted by molar-refractivity contribution is 0.0541. The Morgan fingerprint density at radius 2 is 2.38 bits per heavy atom. The van der Waals surface area contributed by atoms with Gasteiger partial charge in [0, 0.05) is 11.9 Å². The number of halogens is 1. The number of rotatable bonds is 3. The van der Waals surface area contributed by atoms with Crippen molar-refractivity contribution in [1.82, 2.24) is 4.90 Å². The average molecular weight is 286 g/mol. The zero-order valence-electron chi connectivity index (χ0n) is 8.90. The van der Waals surface area contributed by atoms with Gasteiger partial charge in [-0.25, -0.2) is 0 Å². The highest BCUT2D eigenvalue weighted by Gasteiger charge is 2.25. The van der Waals surface area contributed by atoms with E-state index < -0.39 is 0 Å². The van der Waals surface area contributed by atoms with Gasteiger partial charge < -0.3 is 14.4 Å². The van der Waals surface area contributed by atoms with Crippen LogP contribution < -0.4 is 9.47 Å². The predicted molar refractivity (Wildman–Crippen MR) is 63.3 cm³/mol. The summed E-state index contributed by atoms with van der Waals surface area (Å²) in [6.07, 6.45) is 0. The quantitative estimate of drug-likeness (QED) is 0.796. The topological polar surface area (TPSA) is 38.8 Å². The van der Waals surface area contributed by atoms with Crippen LogP contribution in [-0.2, 0) is 0 Å². The van der Waals surface area contributed by atoms with E-state index in [0.717, 1.165) is 5.33 Å². The second-order valence-electron chi connectivity index (χ2n) is 3.39. The van der Waals surface area contributed by atoms with Crippen molar-refractivity contribution in [2.45, 2.75) is 0 Å². The van der Waals surface area contributed by atoms with Gasteiger partial charge in [0.2, 0.25) is 0 Å². The number of carbonyl (C=O) groups is 1. The Bertz CT molecular complexity index is 408. The van der Waals surface area contributed by atoms with E-state index in [4.69, 9.17) is 9.47 Å². The average Bonchev–Trinajstić information content (AvgIpc) is 2.33. The van der Waals surface area contributed by atoms with E-state index >= 15 is 0 Å². The van der Waals surface area contributed by atoms with Crippen LogP contribution in [0.3, 0.4) is 0 Å². The van der Waals surface area contributed by atoms with Crippen LogP contribution in [-0.4, -0.2) is 36.5 Å². The third-order valence-corrected chi connectivity index (χ3v) is 2.79. The Hall–Kier alpha value is -1.23. The lowest BCUT2D eigenvalue weighted by Gasteiger charge is -2.28. The van der Waals surface area contributed by atoms with E-state index in [1.807, 2.05) is 0 Å². The maximum atomic E-state index is 12.0.